The third kappa shape index (κ3) is 2.35. The van der Waals surface area contributed by atoms with Crippen molar-refractivity contribution in [3.8, 4) is 11.5 Å². The second-order valence-electron chi connectivity index (χ2n) is 3.14. The predicted octanol–water partition coefficient (Wildman–Crippen LogP) is 2.39. The molecule has 0 radical (unpaired) electrons. The van der Waals surface area contributed by atoms with Gasteiger partial charge in [0.15, 0.2) is 5.82 Å². The Balaban J connectivity index is 2.33. The van der Waals surface area contributed by atoms with E-state index in [1.807, 2.05) is 24.3 Å². The van der Waals surface area contributed by atoms with Crippen LogP contribution in [0.25, 0.3) is 11.5 Å². The molecule has 0 amide bonds. The number of hydrogen-bond donors (Lipinski definition) is 1. The lowest BCUT2D eigenvalue weighted by Crippen LogP contribution is -1.92. The van der Waals surface area contributed by atoms with E-state index in [4.69, 9.17) is 4.52 Å². The van der Waals surface area contributed by atoms with Crippen LogP contribution in [0.3, 0.4) is 0 Å². The number of aliphatic hydroxyl groups excluding tert-OH is 1. The molecule has 0 saturated heterocycles. The Morgan fingerprint density at radius 3 is 2.53 bits per heavy atom. The largest absolute Gasteiger partial charge is 0.385 e. The van der Waals surface area contributed by atoms with Gasteiger partial charge in [0.1, 0.15) is 6.10 Å². The first-order valence-electron chi connectivity index (χ1n) is 4.44. The smallest absolute Gasteiger partial charge is 0.258 e. The van der Waals surface area contributed by atoms with Crippen molar-refractivity contribution in [2.45, 2.75) is 13.0 Å². The van der Waals surface area contributed by atoms with Gasteiger partial charge in [-0.05, 0) is 53.8 Å². The van der Waals surface area contributed by atoms with Crippen molar-refractivity contribution >= 4 is 22.6 Å². The summed E-state index contributed by atoms with van der Waals surface area (Å²) in [4.78, 5) is 4.08. The molecule has 1 aromatic carbocycles. The van der Waals surface area contributed by atoms with E-state index in [0.717, 1.165) is 9.13 Å². The Hall–Kier alpha value is -0.950. The van der Waals surface area contributed by atoms with Gasteiger partial charge in [0.25, 0.3) is 5.89 Å². The predicted molar refractivity (Wildman–Crippen MR) is 63.1 cm³/mol. The monoisotopic (exact) mass is 316 g/mol. The van der Waals surface area contributed by atoms with Gasteiger partial charge in [-0.15, -0.1) is 0 Å². The van der Waals surface area contributed by atoms with E-state index in [1.165, 1.54) is 0 Å². The van der Waals surface area contributed by atoms with Crippen LogP contribution in [0.15, 0.2) is 28.8 Å². The molecule has 0 fully saturated rings. The standard InChI is InChI=1S/C10H9IN2O2/c1-6(14)9-12-10(15-13-9)7-2-4-8(11)5-3-7/h2-6,14H,1H3. The van der Waals surface area contributed by atoms with Crippen molar-refractivity contribution in [3.05, 3.63) is 33.7 Å². The van der Waals surface area contributed by atoms with Gasteiger partial charge in [-0.2, -0.15) is 4.98 Å². The highest BCUT2D eigenvalue weighted by Gasteiger charge is 2.11. The maximum Gasteiger partial charge on any atom is 0.258 e. The van der Waals surface area contributed by atoms with Crippen LogP contribution >= 0.6 is 22.6 Å². The maximum absolute atomic E-state index is 9.24. The van der Waals surface area contributed by atoms with Crippen LogP contribution in [0.2, 0.25) is 0 Å². The molecule has 4 nitrogen and oxygen atoms in total. The molecule has 1 atom stereocenters. The minimum absolute atomic E-state index is 0.309. The van der Waals surface area contributed by atoms with E-state index in [1.54, 1.807) is 6.92 Å². The average molecular weight is 316 g/mol. The zero-order valence-corrected chi connectivity index (χ0v) is 10.2. The van der Waals surface area contributed by atoms with Gasteiger partial charge in [-0.1, -0.05) is 5.16 Å². The Morgan fingerprint density at radius 2 is 2.00 bits per heavy atom. The number of benzene rings is 1. The van der Waals surface area contributed by atoms with Crippen LogP contribution in [0.4, 0.5) is 0 Å². The van der Waals surface area contributed by atoms with Crippen molar-refractivity contribution in [3.63, 3.8) is 0 Å². The molecule has 0 spiro atoms. The second-order valence-corrected chi connectivity index (χ2v) is 4.39. The molecule has 5 heteroatoms. The zero-order chi connectivity index (χ0) is 10.8. The van der Waals surface area contributed by atoms with Gasteiger partial charge in [-0.3, -0.25) is 0 Å². The van der Waals surface area contributed by atoms with E-state index < -0.39 is 6.10 Å². The Labute approximate surface area is 100 Å². The lowest BCUT2D eigenvalue weighted by Gasteiger charge is -1.94. The topological polar surface area (TPSA) is 59.2 Å². The Bertz CT molecular complexity index is 451. The van der Waals surface area contributed by atoms with Crippen LogP contribution in [-0.2, 0) is 0 Å². The average Bonchev–Trinajstić information content (AvgIpc) is 2.68. The highest BCUT2D eigenvalue weighted by Crippen LogP contribution is 2.20. The molecule has 2 rings (SSSR count). The molecule has 15 heavy (non-hydrogen) atoms. The van der Waals surface area contributed by atoms with Crippen molar-refractivity contribution in [1.82, 2.24) is 10.1 Å². The summed E-state index contributed by atoms with van der Waals surface area (Å²) in [7, 11) is 0. The summed E-state index contributed by atoms with van der Waals surface area (Å²) in [5, 5.41) is 12.9. The molecule has 0 aliphatic heterocycles. The van der Waals surface area contributed by atoms with Gasteiger partial charge in [-0.25, -0.2) is 0 Å². The summed E-state index contributed by atoms with van der Waals surface area (Å²) >= 11 is 2.23. The van der Waals surface area contributed by atoms with Crippen molar-refractivity contribution < 1.29 is 9.63 Å². The van der Waals surface area contributed by atoms with Gasteiger partial charge < -0.3 is 9.63 Å². The second kappa shape index (κ2) is 4.28. The van der Waals surface area contributed by atoms with Gasteiger partial charge in [0, 0.05) is 9.13 Å². The van der Waals surface area contributed by atoms with Crippen molar-refractivity contribution in [2.24, 2.45) is 0 Å². The number of halogens is 1. The Morgan fingerprint density at radius 1 is 1.33 bits per heavy atom. The third-order valence-electron chi connectivity index (χ3n) is 1.91. The summed E-state index contributed by atoms with van der Waals surface area (Å²) < 4.78 is 6.17. The number of rotatable bonds is 2. The van der Waals surface area contributed by atoms with Crippen molar-refractivity contribution in [1.29, 1.82) is 0 Å². The first-order chi connectivity index (χ1) is 7.16. The fourth-order valence-electron chi connectivity index (χ4n) is 1.11. The molecule has 1 aromatic heterocycles. The molecule has 0 aliphatic carbocycles. The SMILES string of the molecule is CC(O)c1noc(-c2ccc(I)cc2)n1. The molecule has 2 aromatic rings. The molecule has 1 N–H and O–H groups in total. The van der Waals surface area contributed by atoms with Crippen LogP contribution in [0.5, 0.6) is 0 Å². The minimum Gasteiger partial charge on any atom is -0.385 e. The lowest BCUT2D eigenvalue weighted by atomic mass is 10.2. The molecule has 0 saturated carbocycles. The van der Waals surface area contributed by atoms with Gasteiger partial charge in [0.05, 0.1) is 0 Å². The van der Waals surface area contributed by atoms with Gasteiger partial charge >= 0.3 is 0 Å². The van der Waals surface area contributed by atoms with Crippen LogP contribution in [0.1, 0.15) is 18.9 Å². The summed E-state index contributed by atoms with van der Waals surface area (Å²) in [6.07, 6.45) is -0.702. The number of aromatic nitrogens is 2. The number of aliphatic hydroxyl groups is 1. The highest BCUT2D eigenvalue weighted by molar-refractivity contribution is 14.1. The summed E-state index contributed by atoms with van der Waals surface area (Å²) in [5.74, 6) is 0.742. The quantitative estimate of drug-likeness (QED) is 0.864. The van der Waals surface area contributed by atoms with Crippen LogP contribution in [0, 0.1) is 3.57 Å². The summed E-state index contributed by atoms with van der Waals surface area (Å²) in [5.41, 5.74) is 0.856. The van der Waals surface area contributed by atoms with E-state index in [9.17, 15) is 5.11 Å². The molecule has 1 heterocycles. The van der Waals surface area contributed by atoms with Crippen molar-refractivity contribution in [2.75, 3.05) is 0 Å². The van der Waals surface area contributed by atoms with Crippen LogP contribution in [-0.4, -0.2) is 15.2 Å². The van der Waals surface area contributed by atoms with E-state index >= 15 is 0 Å². The van der Waals surface area contributed by atoms with E-state index in [-0.39, 0.29) is 0 Å². The summed E-state index contributed by atoms with van der Waals surface area (Å²) in [6, 6.07) is 7.73. The molecule has 0 aliphatic rings. The minimum atomic E-state index is -0.702. The molecule has 78 valence electrons. The third-order valence-corrected chi connectivity index (χ3v) is 2.63. The van der Waals surface area contributed by atoms with E-state index in [2.05, 4.69) is 32.7 Å². The maximum atomic E-state index is 9.24. The van der Waals surface area contributed by atoms with Gasteiger partial charge in [0.2, 0.25) is 0 Å². The molecular formula is C10H9IN2O2. The first kappa shape index (κ1) is 10.6. The normalized spacial score (nSPS) is 12.7. The Kier molecular flexibility index (Phi) is 3.01. The zero-order valence-electron chi connectivity index (χ0n) is 8.01. The fraction of sp³-hybridized carbons (Fsp3) is 0.200. The first-order valence-corrected chi connectivity index (χ1v) is 5.52. The number of nitrogens with zero attached hydrogens (tertiary/aromatic N) is 2. The van der Waals surface area contributed by atoms with E-state index in [0.29, 0.717) is 11.7 Å². The molecule has 1 unspecified atom stereocenters. The van der Waals surface area contributed by atoms with Crippen LogP contribution < -0.4 is 0 Å². The summed E-state index contributed by atoms with van der Waals surface area (Å²) in [6.45, 7) is 1.60. The number of hydrogen-bond acceptors (Lipinski definition) is 4. The lowest BCUT2D eigenvalue weighted by molar-refractivity contribution is 0.184. The molecule has 0 bridgehead atoms. The highest BCUT2D eigenvalue weighted by atomic mass is 127. The fourth-order valence-corrected chi connectivity index (χ4v) is 1.47. The molecular weight excluding hydrogens is 307 g/mol.